The average molecular weight is 598 g/mol. The summed E-state index contributed by atoms with van der Waals surface area (Å²) in [4.78, 5) is 45.0. The van der Waals surface area contributed by atoms with Crippen molar-refractivity contribution in [3.8, 4) is 11.5 Å². The molecule has 0 aliphatic carbocycles. The first-order valence-corrected chi connectivity index (χ1v) is 14.9. The van der Waals surface area contributed by atoms with Crippen molar-refractivity contribution in [2.75, 3.05) is 26.2 Å². The van der Waals surface area contributed by atoms with Gasteiger partial charge in [0.15, 0.2) is 0 Å². The van der Waals surface area contributed by atoms with Gasteiger partial charge in [-0.25, -0.2) is 14.8 Å². The minimum atomic E-state index is -0.840. The Kier molecular flexibility index (Phi) is 9.81. The molecule has 2 atom stereocenters. The van der Waals surface area contributed by atoms with Crippen molar-refractivity contribution in [2.45, 2.75) is 45.1 Å². The molecule has 230 valence electrons. The molecule has 2 fully saturated rings. The lowest BCUT2D eigenvalue weighted by molar-refractivity contribution is -0.189. The molecule has 2 aliphatic rings. The zero-order valence-electron chi connectivity index (χ0n) is 25.0. The summed E-state index contributed by atoms with van der Waals surface area (Å²) in [6.45, 7) is 7.47. The number of phenolic OH excluding ortho intramolecular Hbond substituents is 1. The molecule has 2 aliphatic heterocycles. The number of carbonyl (C=O) groups excluding carboxylic acids is 3. The van der Waals surface area contributed by atoms with E-state index in [-0.39, 0.29) is 49.7 Å². The number of phenols is 1. The molecule has 2 N–H and O–H groups in total. The summed E-state index contributed by atoms with van der Waals surface area (Å²) < 4.78 is 5.72. The van der Waals surface area contributed by atoms with Gasteiger partial charge in [-0.15, -0.1) is 6.58 Å². The van der Waals surface area contributed by atoms with E-state index < -0.39 is 12.2 Å². The van der Waals surface area contributed by atoms with Gasteiger partial charge in [-0.1, -0.05) is 67.6 Å². The summed E-state index contributed by atoms with van der Waals surface area (Å²) in [5, 5.41) is 16.1. The van der Waals surface area contributed by atoms with Crippen molar-refractivity contribution in [2.24, 2.45) is 0 Å². The highest BCUT2D eigenvalue weighted by Crippen LogP contribution is 2.30. The molecule has 2 unspecified atom stereocenters. The zero-order valence-corrected chi connectivity index (χ0v) is 25.0. The fourth-order valence-electron chi connectivity index (χ4n) is 5.68. The van der Waals surface area contributed by atoms with E-state index in [1.807, 2.05) is 61.5 Å². The van der Waals surface area contributed by atoms with Gasteiger partial charge < -0.3 is 25.0 Å². The number of carbonyl (C=O) groups is 3. The Morgan fingerprint density at radius 2 is 1.70 bits per heavy atom. The van der Waals surface area contributed by atoms with Crippen LogP contribution in [0.15, 0.2) is 91.5 Å². The van der Waals surface area contributed by atoms with Crippen LogP contribution in [-0.4, -0.2) is 81.2 Å². The molecule has 44 heavy (non-hydrogen) atoms. The van der Waals surface area contributed by atoms with Crippen molar-refractivity contribution in [3.63, 3.8) is 0 Å². The number of aromatic hydroxyl groups is 1. The quantitative estimate of drug-likeness (QED) is 0.325. The monoisotopic (exact) mass is 597 g/mol. The van der Waals surface area contributed by atoms with Crippen molar-refractivity contribution in [1.29, 1.82) is 0 Å². The third-order valence-electron chi connectivity index (χ3n) is 7.80. The number of benzene rings is 3. The maximum atomic E-state index is 14.1. The molecule has 3 aromatic rings. The number of piperazine rings is 1. The Bertz CT molecular complexity index is 1450. The Hall–Kier alpha value is -4.83. The molecule has 2 saturated heterocycles. The first-order chi connectivity index (χ1) is 21.4. The minimum absolute atomic E-state index is 0.0696. The lowest BCUT2D eigenvalue weighted by Crippen LogP contribution is -2.76. The van der Waals surface area contributed by atoms with E-state index >= 15 is 0 Å². The Balaban J connectivity index is 1.46. The highest BCUT2D eigenvalue weighted by atomic mass is 16.5. The fourth-order valence-corrected chi connectivity index (χ4v) is 5.68. The lowest BCUT2D eigenvalue weighted by Gasteiger charge is -2.55. The van der Waals surface area contributed by atoms with Gasteiger partial charge in [-0.2, -0.15) is 0 Å². The number of rotatable bonds is 11. The van der Waals surface area contributed by atoms with E-state index in [1.54, 1.807) is 50.2 Å². The SMILES string of the molecule is C=CCN1CC(=O)N2C(Cc3ccc(O)cc3)C(=O)N(Cc3ccc(OCCC)cc3)CC2N1C(=O)NCc1ccccc1. The highest BCUT2D eigenvalue weighted by Gasteiger charge is 2.51. The van der Waals surface area contributed by atoms with E-state index in [4.69, 9.17) is 4.74 Å². The van der Waals surface area contributed by atoms with Crippen molar-refractivity contribution in [1.82, 2.24) is 25.1 Å². The molecule has 3 aromatic carbocycles. The van der Waals surface area contributed by atoms with E-state index in [0.29, 0.717) is 19.7 Å². The van der Waals surface area contributed by atoms with Gasteiger partial charge in [0, 0.05) is 26.1 Å². The van der Waals surface area contributed by atoms with Crippen molar-refractivity contribution >= 4 is 17.8 Å². The number of hydrogen-bond donors (Lipinski definition) is 2. The molecular formula is C34H39N5O5. The van der Waals surface area contributed by atoms with E-state index in [0.717, 1.165) is 28.9 Å². The van der Waals surface area contributed by atoms with Gasteiger partial charge in [0.1, 0.15) is 23.7 Å². The van der Waals surface area contributed by atoms with Gasteiger partial charge >= 0.3 is 6.03 Å². The van der Waals surface area contributed by atoms with Crippen LogP contribution in [0.1, 0.15) is 30.0 Å². The second-order valence-electron chi connectivity index (χ2n) is 11.0. The molecule has 0 spiro atoms. The topological polar surface area (TPSA) is 106 Å². The number of urea groups is 1. The molecular weight excluding hydrogens is 558 g/mol. The van der Waals surface area contributed by atoms with Crippen LogP contribution in [0.4, 0.5) is 4.79 Å². The number of ether oxygens (including phenoxy) is 1. The van der Waals surface area contributed by atoms with E-state index in [2.05, 4.69) is 11.9 Å². The summed E-state index contributed by atoms with van der Waals surface area (Å²) in [5.74, 6) is 0.440. The Morgan fingerprint density at radius 3 is 2.39 bits per heavy atom. The van der Waals surface area contributed by atoms with Crippen LogP contribution in [0.5, 0.6) is 11.5 Å². The molecule has 10 nitrogen and oxygen atoms in total. The summed E-state index contributed by atoms with van der Waals surface area (Å²) in [5.41, 5.74) is 2.64. The zero-order chi connectivity index (χ0) is 31.1. The second kappa shape index (κ2) is 14.1. The first-order valence-electron chi connectivity index (χ1n) is 14.9. The molecule has 10 heteroatoms. The molecule has 4 amide bonds. The van der Waals surface area contributed by atoms with Crippen LogP contribution in [0, 0.1) is 0 Å². The first kappa shape index (κ1) is 30.6. The number of fused-ring (bicyclic) bond motifs is 1. The number of hydrogen-bond acceptors (Lipinski definition) is 6. The van der Waals surface area contributed by atoms with E-state index in [9.17, 15) is 19.5 Å². The van der Waals surface area contributed by atoms with Gasteiger partial charge in [0.25, 0.3) is 0 Å². The maximum Gasteiger partial charge on any atom is 0.334 e. The third-order valence-corrected chi connectivity index (χ3v) is 7.80. The van der Waals surface area contributed by atoms with Crippen LogP contribution < -0.4 is 10.1 Å². The lowest BCUT2D eigenvalue weighted by atomic mass is 9.98. The normalized spacial score (nSPS) is 18.6. The van der Waals surface area contributed by atoms with Gasteiger partial charge in [0.05, 0.1) is 19.7 Å². The molecule has 0 bridgehead atoms. The highest BCUT2D eigenvalue weighted by molar-refractivity contribution is 5.91. The number of nitrogens with zero attached hydrogens (tertiary/aromatic N) is 4. The number of nitrogens with one attached hydrogen (secondary N) is 1. The standard InChI is InChI=1S/C34H39N5O5/c1-3-18-37-24-32(41)38-30(20-25-10-14-28(40)15-11-25)33(42)36(22-27-12-16-29(17-13-27)44-19-4-2)23-31(38)39(37)34(43)35-21-26-8-6-5-7-9-26/h3,5-17,30-31,40H,1,4,18-24H2,2H3,(H,35,43). The van der Waals surface area contributed by atoms with E-state index in [1.165, 1.54) is 0 Å². The van der Waals surface area contributed by atoms with Crippen LogP contribution in [0.3, 0.4) is 0 Å². The smallest absolute Gasteiger partial charge is 0.334 e. The van der Waals surface area contributed by atoms with Crippen molar-refractivity contribution < 1.29 is 24.2 Å². The summed E-state index contributed by atoms with van der Waals surface area (Å²) >= 11 is 0. The van der Waals surface area contributed by atoms with Gasteiger partial charge in [-0.3, -0.25) is 9.59 Å². The largest absolute Gasteiger partial charge is 0.508 e. The van der Waals surface area contributed by atoms with Crippen LogP contribution >= 0.6 is 0 Å². The van der Waals surface area contributed by atoms with Gasteiger partial charge in [0.2, 0.25) is 11.8 Å². The number of amides is 4. The molecule has 0 saturated carbocycles. The molecule has 2 heterocycles. The molecule has 5 rings (SSSR count). The Labute approximate surface area is 258 Å². The predicted octanol–water partition coefficient (Wildman–Crippen LogP) is 3.92. The fraction of sp³-hybridized carbons (Fsp3) is 0.324. The molecule has 0 aromatic heterocycles. The van der Waals surface area contributed by atoms with Crippen LogP contribution in [-0.2, 0) is 29.1 Å². The predicted molar refractivity (Wildman–Crippen MR) is 166 cm³/mol. The summed E-state index contributed by atoms with van der Waals surface area (Å²) in [7, 11) is 0. The summed E-state index contributed by atoms with van der Waals surface area (Å²) in [6, 6.07) is 22.6. The van der Waals surface area contributed by atoms with Crippen LogP contribution in [0.2, 0.25) is 0 Å². The summed E-state index contributed by atoms with van der Waals surface area (Å²) in [6.07, 6.45) is 2.06. The van der Waals surface area contributed by atoms with Gasteiger partial charge in [-0.05, 0) is 47.4 Å². The van der Waals surface area contributed by atoms with Crippen LogP contribution in [0.25, 0.3) is 0 Å². The third kappa shape index (κ3) is 7.03. The second-order valence-corrected chi connectivity index (χ2v) is 11.0. The minimum Gasteiger partial charge on any atom is -0.508 e. The maximum absolute atomic E-state index is 14.1. The van der Waals surface area contributed by atoms with Crippen molar-refractivity contribution in [3.05, 3.63) is 108 Å². The molecule has 0 radical (unpaired) electrons. The Morgan fingerprint density at radius 1 is 1.00 bits per heavy atom. The number of hydrazine groups is 1. The average Bonchev–Trinajstić information content (AvgIpc) is 3.03.